The fourth-order valence-electron chi connectivity index (χ4n) is 2.72. The van der Waals surface area contributed by atoms with Crippen molar-refractivity contribution in [1.29, 1.82) is 0 Å². The monoisotopic (exact) mass is 271 g/mol. The molecule has 19 heavy (non-hydrogen) atoms. The maximum Gasteiger partial charge on any atom is 0.0589 e. The molecule has 1 aliphatic rings. The lowest BCUT2D eigenvalue weighted by Crippen LogP contribution is -2.37. The van der Waals surface area contributed by atoms with Gasteiger partial charge in [0.1, 0.15) is 0 Å². The highest BCUT2D eigenvalue weighted by molar-refractivity contribution is 4.75. The summed E-state index contributed by atoms with van der Waals surface area (Å²) in [4.78, 5) is 4.95. The summed E-state index contributed by atoms with van der Waals surface area (Å²) in [7, 11) is 3.93. The summed E-state index contributed by atoms with van der Waals surface area (Å²) in [5.74, 6) is 0. The van der Waals surface area contributed by atoms with Gasteiger partial charge in [0.15, 0.2) is 0 Å². The first-order chi connectivity index (χ1) is 9.26. The smallest absolute Gasteiger partial charge is 0.0589 e. The Balaban J connectivity index is 2.09. The molecule has 0 aliphatic carbocycles. The summed E-state index contributed by atoms with van der Waals surface area (Å²) in [6.45, 7) is 10.2. The van der Waals surface area contributed by atoms with Gasteiger partial charge in [0, 0.05) is 32.8 Å². The molecule has 1 aliphatic heterocycles. The van der Waals surface area contributed by atoms with E-state index in [9.17, 15) is 0 Å². The normalized spacial score (nSPS) is 21.8. The SMILES string of the molecule is CCCN1CCCC(NCCN(C)CCOC)CC1. The topological polar surface area (TPSA) is 27.7 Å². The molecule has 1 N–H and O–H groups in total. The van der Waals surface area contributed by atoms with Crippen molar-refractivity contribution < 1.29 is 4.74 Å². The number of nitrogens with zero attached hydrogens (tertiary/aromatic N) is 2. The molecule has 0 aromatic carbocycles. The van der Waals surface area contributed by atoms with Crippen LogP contribution < -0.4 is 5.32 Å². The molecule has 0 amide bonds. The standard InChI is InChI=1S/C15H33N3O/c1-4-9-18-10-5-6-15(7-11-18)16-8-12-17(2)13-14-19-3/h15-16H,4-14H2,1-3H3. The van der Waals surface area contributed by atoms with Gasteiger partial charge in [-0.05, 0) is 52.4 Å². The van der Waals surface area contributed by atoms with Crippen molar-refractivity contribution in [3.8, 4) is 0 Å². The van der Waals surface area contributed by atoms with Gasteiger partial charge in [-0.2, -0.15) is 0 Å². The lowest BCUT2D eigenvalue weighted by atomic mass is 10.1. The van der Waals surface area contributed by atoms with Crippen LogP contribution in [0.3, 0.4) is 0 Å². The molecule has 0 aromatic rings. The van der Waals surface area contributed by atoms with Gasteiger partial charge in [-0.3, -0.25) is 0 Å². The predicted octanol–water partition coefficient (Wildman–Crippen LogP) is 1.42. The van der Waals surface area contributed by atoms with Gasteiger partial charge in [-0.1, -0.05) is 6.92 Å². The molecule has 0 saturated carbocycles. The van der Waals surface area contributed by atoms with E-state index in [4.69, 9.17) is 4.74 Å². The Kier molecular flexibility index (Phi) is 9.43. The van der Waals surface area contributed by atoms with Gasteiger partial charge >= 0.3 is 0 Å². The van der Waals surface area contributed by atoms with E-state index in [1.54, 1.807) is 7.11 Å². The highest BCUT2D eigenvalue weighted by atomic mass is 16.5. The van der Waals surface area contributed by atoms with E-state index in [1.807, 2.05) is 0 Å². The van der Waals surface area contributed by atoms with Crippen molar-refractivity contribution in [2.45, 2.75) is 38.6 Å². The van der Waals surface area contributed by atoms with Crippen molar-refractivity contribution in [2.75, 3.05) is 60.0 Å². The molecule has 114 valence electrons. The molecule has 1 heterocycles. The number of hydrogen-bond acceptors (Lipinski definition) is 4. The molecule has 4 heteroatoms. The summed E-state index contributed by atoms with van der Waals surface area (Å²) in [5, 5.41) is 3.72. The van der Waals surface area contributed by atoms with E-state index < -0.39 is 0 Å². The lowest BCUT2D eigenvalue weighted by molar-refractivity contribution is 0.161. The van der Waals surface area contributed by atoms with Crippen molar-refractivity contribution >= 4 is 0 Å². The van der Waals surface area contributed by atoms with Gasteiger partial charge in [-0.25, -0.2) is 0 Å². The van der Waals surface area contributed by atoms with Crippen LogP contribution in [0.25, 0.3) is 0 Å². The van der Waals surface area contributed by atoms with Crippen LogP contribution in [-0.2, 0) is 4.74 Å². The summed E-state index contributed by atoms with van der Waals surface area (Å²) < 4.78 is 5.09. The van der Waals surface area contributed by atoms with Gasteiger partial charge in [-0.15, -0.1) is 0 Å². The number of likely N-dealkylation sites (N-methyl/N-ethyl adjacent to an activating group) is 1. The van der Waals surface area contributed by atoms with Crippen LogP contribution in [-0.4, -0.2) is 75.9 Å². The van der Waals surface area contributed by atoms with E-state index in [1.165, 1.54) is 45.3 Å². The minimum Gasteiger partial charge on any atom is -0.383 e. The van der Waals surface area contributed by atoms with Crippen molar-refractivity contribution in [3.63, 3.8) is 0 Å². The van der Waals surface area contributed by atoms with Crippen LogP contribution in [0.1, 0.15) is 32.6 Å². The summed E-state index contributed by atoms with van der Waals surface area (Å²) in [5.41, 5.74) is 0. The first-order valence-electron chi connectivity index (χ1n) is 7.89. The van der Waals surface area contributed by atoms with E-state index in [0.29, 0.717) is 0 Å². The summed E-state index contributed by atoms with van der Waals surface area (Å²) >= 11 is 0. The van der Waals surface area contributed by atoms with E-state index in [2.05, 4.69) is 29.1 Å². The zero-order chi connectivity index (χ0) is 13.9. The molecule has 0 bridgehead atoms. The molecule has 4 nitrogen and oxygen atoms in total. The molecule has 0 spiro atoms. The summed E-state index contributed by atoms with van der Waals surface area (Å²) in [6.07, 6.45) is 5.27. The van der Waals surface area contributed by atoms with Crippen LogP contribution >= 0.6 is 0 Å². The van der Waals surface area contributed by atoms with Gasteiger partial charge < -0.3 is 19.9 Å². The molecular weight excluding hydrogens is 238 g/mol. The third-order valence-electron chi connectivity index (χ3n) is 3.96. The van der Waals surface area contributed by atoms with E-state index >= 15 is 0 Å². The Labute approximate surface area is 119 Å². The maximum absolute atomic E-state index is 5.09. The Morgan fingerprint density at radius 1 is 1.26 bits per heavy atom. The molecule has 1 atom stereocenters. The number of rotatable bonds is 9. The third-order valence-corrected chi connectivity index (χ3v) is 3.96. The molecule has 1 rings (SSSR count). The largest absolute Gasteiger partial charge is 0.383 e. The molecule has 0 aromatic heterocycles. The lowest BCUT2D eigenvalue weighted by Gasteiger charge is -2.21. The van der Waals surface area contributed by atoms with Crippen LogP contribution in [0.15, 0.2) is 0 Å². The first-order valence-corrected chi connectivity index (χ1v) is 7.89. The summed E-state index contributed by atoms with van der Waals surface area (Å²) in [6, 6.07) is 0.720. The minimum atomic E-state index is 0.720. The average Bonchev–Trinajstić information content (AvgIpc) is 2.63. The number of ether oxygens (including phenoxy) is 1. The fourth-order valence-corrected chi connectivity index (χ4v) is 2.72. The Hall–Kier alpha value is -0.160. The van der Waals surface area contributed by atoms with Gasteiger partial charge in [0.2, 0.25) is 0 Å². The molecular formula is C15H33N3O. The van der Waals surface area contributed by atoms with Crippen molar-refractivity contribution in [2.24, 2.45) is 0 Å². The van der Waals surface area contributed by atoms with Crippen molar-refractivity contribution in [3.05, 3.63) is 0 Å². The quantitative estimate of drug-likeness (QED) is 0.686. The van der Waals surface area contributed by atoms with Gasteiger partial charge in [0.05, 0.1) is 6.61 Å². The third kappa shape index (κ3) is 7.88. The number of likely N-dealkylation sites (tertiary alicyclic amines) is 1. The Morgan fingerprint density at radius 2 is 2.11 bits per heavy atom. The van der Waals surface area contributed by atoms with Crippen LogP contribution in [0.5, 0.6) is 0 Å². The molecule has 0 radical (unpaired) electrons. The van der Waals surface area contributed by atoms with E-state index in [-0.39, 0.29) is 0 Å². The number of nitrogens with one attached hydrogen (secondary N) is 1. The van der Waals surface area contributed by atoms with Crippen LogP contribution in [0.2, 0.25) is 0 Å². The fraction of sp³-hybridized carbons (Fsp3) is 1.00. The van der Waals surface area contributed by atoms with Gasteiger partial charge in [0.25, 0.3) is 0 Å². The van der Waals surface area contributed by atoms with Crippen molar-refractivity contribution in [1.82, 2.24) is 15.1 Å². The maximum atomic E-state index is 5.09. The zero-order valence-corrected chi connectivity index (χ0v) is 13.2. The second-order valence-electron chi connectivity index (χ2n) is 5.72. The minimum absolute atomic E-state index is 0.720. The zero-order valence-electron chi connectivity index (χ0n) is 13.2. The predicted molar refractivity (Wildman–Crippen MR) is 81.7 cm³/mol. The Morgan fingerprint density at radius 3 is 2.84 bits per heavy atom. The molecule has 1 fully saturated rings. The first kappa shape index (κ1) is 16.9. The highest BCUT2D eigenvalue weighted by Crippen LogP contribution is 2.11. The number of methoxy groups -OCH3 is 1. The Bertz CT molecular complexity index is 214. The van der Waals surface area contributed by atoms with E-state index in [0.717, 1.165) is 32.3 Å². The molecule has 1 saturated heterocycles. The second-order valence-corrected chi connectivity index (χ2v) is 5.72. The average molecular weight is 271 g/mol. The number of hydrogen-bond donors (Lipinski definition) is 1. The van der Waals surface area contributed by atoms with Crippen LogP contribution in [0, 0.1) is 0 Å². The van der Waals surface area contributed by atoms with Crippen LogP contribution in [0.4, 0.5) is 0 Å². The second kappa shape index (κ2) is 10.6. The highest BCUT2D eigenvalue weighted by Gasteiger charge is 2.15. The molecule has 1 unspecified atom stereocenters.